The highest BCUT2D eigenvalue weighted by molar-refractivity contribution is 7.98. The van der Waals surface area contributed by atoms with Crippen LogP contribution in [0.4, 0.5) is 5.69 Å². The summed E-state index contributed by atoms with van der Waals surface area (Å²) in [5, 5.41) is 10.7. The molecule has 0 aliphatic carbocycles. The maximum Gasteiger partial charge on any atom is 0.288 e. The van der Waals surface area contributed by atoms with Crippen LogP contribution in [0.25, 0.3) is 0 Å². The summed E-state index contributed by atoms with van der Waals surface area (Å²) >= 11 is 7.34. The summed E-state index contributed by atoms with van der Waals surface area (Å²) in [7, 11) is 0. The third-order valence-electron chi connectivity index (χ3n) is 1.73. The van der Waals surface area contributed by atoms with Gasteiger partial charge in [-0.1, -0.05) is 11.6 Å². The first-order valence-electron chi connectivity index (χ1n) is 3.55. The molecule has 0 aliphatic rings. The van der Waals surface area contributed by atoms with E-state index in [2.05, 4.69) is 0 Å². The Kier molecular flexibility index (Phi) is 3.17. The van der Waals surface area contributed by atoms with Crippen LogP contribution in [0.1, 0.15) is 5.56 Å². The molecule has 1 aromatic carbocycles. The Morgan fingerprint density at radius 1 is 1.54 bits per heavy atom. The van der Waals surface area contributed by atoms with Crippen LogP contribution in [0.5, 0.6) is 0 Å². The number of halogens is 1. The Balaban J connectivity index is 3.31. The summed E-state index contributed by atoms with van der Waals surface area (Å²) in [4.78, 5) is 11.0. The standard InChI is InChI=1S/C8H8ClNO2S/c1-5-7(13-2)4-3-6(8(5)9)10(11)12/h3-4H,1-2H3. The molecule has 0 heterocycles. The number of nitro groups is 1. The van der Waals surface area contributed by atoms with E-state index in [-0.39, 0.29) is 10.7 Å². The van der Waals surface area contributed by atoms with E-state index in [4.69, 9.17) is 11.6 Å². The molecule has 0 radical (unpaired) electrons. The molecule has 0 unspecified atom stereocenters. The van der Waals surface area contributed by atoms with Crippen molar-refractivity contribution in [1.82, 2.24) is 0 Å². The number of hydrogen-bond acceptors (Lipinski definition) is 3. The summed E-state index contributed by atoms with van der Waals surface area (Å²) in [5.74, 6) is 0. The van der Waals surface area contributed by atoms with Crippen molar-refractivity contribution in [2.24, 2.45) is 0 Å². The number of nitro benzene ring substituents is 1. The van der Waals surface area contributed by atoms with Gasteiger partial charge in [0, 0.05) is 11.0 Å². The van der Waals surface area contributed by atoms with E-state index in [1.807, 2.05) is 6.26 Å². The van der Waals surface area contributed by atoms with E-state index in [0.29, 0.717) is 0 Å². The predicted octanol–water partition coefficient (Wildman–Crippen LogP) is 3.28. The van der Waals surface area contributed by atoms with Crippen LogP contribution >= 0.6 is 23.4 Å². The highest BCUT2D eigenvalue weighted by atomic mass is 35.5. The summed E-state index contributed by atoms with van der Waals surface area (Å²) in [6.07, 6.45) is 1.91. The van der Waals surface area contributed by atoms with Crippen molar-refractivity contribution in [3.63, 3.8) is 0 Å². The minimum atomic E-state index is -0.473. The molecule has 0 atom stereocenters. The van der Waals surface area contributed by atoms with Crippen LogP contribution in [-0.4, -0.2) is 11.2 Å². The molecular formula is C8H8ClNO2S. The topological polar surface area (TPSA) is 43.1 Å². The van der Waals surface area contributed by atoms with Crippen molar-refractivity contribution in [2.75, 3.05) is 6.26 Å². The van der Waals surface area contributed by atoms with E-state index in [0.717, 1.165) is 10.5 Å². The minimum Gasteiger partial charge on any atom is -0.258 e. The van der Waals surface area contributed by atoms with Gasteiger partial charge in [0.15, 0.2) is 0 Å². The van der Waals surface area contributed by atoms with Gasteiger partial charge in [-0.3, -0.25) is 10.1 Å². The molecule has 0 spiro atoms. The van der Waals surface area contributed by atoms with Crippen molar-refractivity contribution in [1.29, 1.82) is 0 Å². The first-order valence-corrected chi connectivity index (χ1v) is 5.15. The second kappa shape index (κ2) is 3.98. The second-order valence-electron chi connectivity index (χ2n) is 2.48. The smallest absolute Gasteiger partial charge is 0.258 e. The fourth-order valence-electron chi connectivity index (χ4n) is 1.02. The van der Waals surface area contributed by atoms with E-state index in [1.54, 1.807) is 13.0 Å². The van der Waals surface area contributed by atoms with Crippen molar-refractivity contribution >= 4 is 29.1 Å². The van der Waals surface area contributed by atoms with Crippen LogP contribution in [0.3, 0.4) is 0 Å². The van der Waals surface area contributed by atoms with E-state index in [1.165, 1.54) is 17.8 Å². The van der Waals surface area contributed by atoms with Gasteiger partial charge in [-0.25, -0.2) is 0 Å². The summed E-state index contributed by atoms with van der Waals surface area (Å²) in [6.45, 7) is 1.78. The molecule has 13 heavy (non-hydrogen) atoms. The Morgan fingerprint density at radius 2 is 2.15 bits per heavy atom. The monoisotopic (exact) mass is 217 g/mol. The summed E-state index contributed by atoms with van der Waals surface area (Å²) in [5.41, 5.74) is 0.736. The average Bonchev–Trinajstić information content (AvgIpc) is 2.09. The number of nitrogens with zero attached hydrogens (tertiary/aromatic N) is 1. The molecular weight excluding hydrogens is 210 g/mol. The number of hydrogen-bond donors (Lipinski definition) is 0. The Labute approximate surface area is 85.2 Å². The zero-order valence-electron chi connectivity index (χ0n) is 7.20. The van der Waals surface area contributed by atoms with Crippen LogP contribution < -0.4 is 0 Å². The van der Waals surface area contributed by atoms with Gasteiger partial charge in [0.1, 0.15) is 5.02 Å². The van der Waals surface area contributed by atoms with Gasteiger partial charge >= 0.3 is 0 Å². The average molecular weight is 218 g/mol. The van der Waals surface area contributed by atoms with Gasteiger partial charge in [0.05, 0.1) is 4.92 Å². The van der Waals surface area contributed by atoms with Crippen molar-refractivity contribution in [3.8, 4) is 0 Å². The van der Waals surface area contributed by atoms with Gasteiger partial charge in [0.2, 0.25) is 0 Å². The molecule has 5 heteroatoms. The zero-order valence-corrected chi connectivity index (χ0v) is 8.78. The lowest BCUT2D eigenvalue weighted by Crippen LogP contribution is -1.91. The molecule has 0 fully saturated rings. The Morgan fingerprint density at radius 3 is 2.62 bits per heavy atom. The second-order valence-corrected chi connectivity index (χ2v) is 3.71. The Hall–Kier alpha value is -0.740. The summed E-state index contributed by atoms with van der Waals surface area (Å²) in [6, 6.07) is 3.14. The lowest BCUT2D eigenvalue weighted by molar-refractivity contribution is -0.384. The molecule has 3 nitrogen and oxygen atoms in total. The summed E-state index contributed by atoms with van der Waals surface area (Å²) < 4.78 is 0. The number of thioether (sulfide) groups is 1. The predicted molar refractivity (Wildman–Crippen MR) is 54.6 cm³/mol. The van der Waals surface area contributed by atoms with Crippen LogP contribution in [0.2, 0.25) is 5.02 Å². The normalized spacial score (nSPS) is 10.1. The van der Waals surface area contributed by atoms with E-state index < -0.39 is 4.92 Å². The van der Waals surface area contributed by atoms with Gasteiger partial charge in [0.25, 0.3) is 5.69 Å². The van der Waals surface area contributed by atoms with E-state index in [9.17, 15) is 10.1 Å². The molecule has 70 valence electrons. The van der Waals surface area contributed by atoms with Crippen LogP contribution in [0.15, 0.2) is 17.0 Å². The fraction of sp³-hybridized carbons (Fsp3) is 0.250. The van der Waals surface area contributed by atoms with Gasteiger partial charge in [-0.05, 0) is 24.8 Å². The maximum absolute atomic E-state index is 10.5. The first kappa shape index (κ1) is 10.3. The van der Waals surface area contributed by atoms with Crippen molar-refractivity contribution in [3.05, 3.63) is 32.8 Å². The number of rotatable bonds is 2. The lowest BCUT2D eigenvalue weighted by Gasteiger charge is -2.04. The quantitative estimate of drug-likeness (QED) is 0.434. The Bertz CT molecular complexity index is 354. The first-order chi connectivity index (χ1) is 6.07. The highest BCUT2D eigenvalue weighted by Gasteiger charge is 2.15. The van der Waals surface area contributed by atoms with Gasteiger partial charge < -0.3 is 0 Å². The molecule has 0 amide bonds. The zero-order chi connectivity index (χ0) is 10.0. The van der Waals surface area contributed by atoms with Crippen LogP contribution in [0, 0.1) is 17.0 Å². The fourth-order valence-corrected chi connectivity index (χ4v) is 1.92. The minimum absolute atomic E-state index is 0.0306. The third-order valence-corrected chi connectivity index (χ3v) is 3.09. The number of benzene rings is 1. The van der Waals surface area contributed by atoms with Crippen LogP contribution in [-0.2, 0) is 0 Å². The SMILES string of the molecule is CSc1ccc([N+](=O)[O-])c(Cl)c1C. The van der Waals surface area contributed by atoms with Gasteiger partial charge in [-0.15, -0.1) is 11.8 Å². The third kappa shape index (κ3) is 1.95. The maximum atomic E-state index is 10.5. The molecule has 0 saturated carbocycles. The van der Waals surface area contributed by atoms with Crippen molar-refractivity contribution < 1.29 is 4.92 Å². The van der Waals surface area contributed by atoms with Gasteiger partial charge in [-0.2, -0.15) is 0 Å². The molecule has 0 N–H and O–H groups in total. The lowest BCUT2D eigenvalue weighted by atomic mass is 10.2. The highest BCUT2D eigenvalue weighted by Crippen LogP contribution is 2.33. The van der Waals surface area contributed by atoms with E-state index >= 15 is 0 Å². The molecule has 0 aliphatic heterocycles. The van der Waals surface area contributed by atoms with Crippen molar-refractivity contribution in [2.45, 2.75) is 11.8 Å². The molecule has 0 aromatic heterocycles. The molecule has 0 bridgehead atoms. The molecule has 0 saturated heterocycles. The molecule has 1 aromatic rings. The molecule has 1 rings (SSSR count). The largest absolute Gasteiger partial charge is 0.288 e.